The topological polar surface area (TPSA) is 85.4 Å². The summed E-state index contributed by atoms with van der Waals surface area (Å²) in [5.74, 6) is -0.177. The van der Waals surface area contributed by atoms with Crippen molar-refractivity contribution in [3.05, 3.63) is 81.6 Å². The van der Waals surface area contributed by atoms with E-state index in [9.17, 15) is 14.9 Å². The fourth-order valence-electron chi connectivity index (χ4n) is 2.20. The molecule has 0 unspecified atom stereocenters. The van der Waals surface area contributed by atoms with E-state index in [1.54, 1.807) is 42.5 Å². The summed E-state index contributed by atoms with van der Waals surface area (Å²) in [6.07, 6.45) is 0. The summed E-state index contributed by atoms with van der Waals surface area (Å²) in [6.45, 7) is 0. The Morgan fingerprint density at radius 3 is 2.62 bits per heavy atom. The maximum Gasteiger partial charge on any atom is 0.291 e. The largest absolute Gasteiger partial charge is 0.451 e. The minimum absolute atomic E-state index is 0.0446. The van der Waals surface area contributed by atoms with Crippen molar-refractivity contribution in [3.63, 3.8) is 0 Å². The number of amides is 1. The molecule has 0 spiro atoms. The molecular weight excluding hydrogens is 332 g/mol. The molecule has 24 heavy (non-hydrogen) atoms. The number of anilines is 1. The van der Waals surface area contributed by atoms with Gasteiger partial charge >= 0.3 is 0 Å². The molecule has 0 atom stereocenters. The number of nitrogens with one attached hydrogen (secondary N) is 1. The van der Waals surface area contributed by atoms with Gasteiger partial charge in [0.05, 0.1) is 10.5 Å². The van der Waals surface area contributed by atoms with Crippen molar-refractivity contribution in [1.82, 2.24) is 0 Å². The van der Waals surface area contributed by atoms with E-state index in [1.807, 2.05) is 0 Å². The van der Waals surface area contributed by atoms with Crippen LogP contribution in [0.25, 0.3) is 11.3 Å². The van der Waals surface area contributed by atoms with Gasteiger partial charge in [-0.2, -0.15) is 0 Å². The van der Waals surface area contributed by atoms with E-state index in [4.69, 9.17) is 16.0 Å². The highest BCUT2D eigenvalue weighted by Crippen LogP contribution is 2.31. The van der Waals surface area contributed by atoms with E-state index in [1.165, 1.54) is 18.2 Å². The lowest BCUT2D eigenvalue weighted by Gasteiger charge is -2.03. The van der Waals surface area contributed by atoms with Crippen LogP contribution in [0.1, 0.15) is 10.6 Å². The van der Waals surface area contributed by atoms with Gasteiger partial charge in [-0.05, 0) is 36.4 Å². The van der Waals surface area contributed by atoms with E-state index < -0.39 is 10.8 Å². The zero-order valence-corrected chi connectivity index (χ0v) is 13.0. The number of carbonyl (C=O) groups is 1. The van der Waals surface area contributed by atoms with E-state index >= 15 is 0 Å². The van der Waals surface area contributed by atoms with E-state index in [-0.39, 0.29) is 17.2 Å². The third-order valence-corrected chi connectivity index (χ3v) is 3.51. The molecule has 3 rings (SSSR count). The van der Waals surface area contributed by atoms with Crippen LogP contribution >= 0.6 is 11.6 Å². The van der Waals surface area contributed by atoms with Crippen molar-refractivity contribution < 1.29 is 14.1 Å². The van der Waals surface area contributed by atoms with Gasteiger partial charge in [-0.1, -0.05) is 29.8 Å². The molecule has 0 aliphatic carbocycles. The Labute approximate surface area is 141 Å². The van der Waals surface area contributed by atoms with Crippen LogP contribution in [-0.2, 0) is 0 Å². The number of carbonyl (C=O) groups excluding carboxylic acids is 1. The molecule has 0 fully saturated rings. The Bertz CT molecular complexity index is 920. The van der Waals surface area contributed by atoms with Gasteiger partial charge in [0.15, 0.2) is 5.76 Å². The van der Waals surface area contributed by atoms with Crippen LogP contribution in [0.3, 0.4) is 0 Å². The van der Waals surface area contributed by atoms with E-state index in [0.29, 0.717) is 16.3 Å². The number of hydrogen-bond acceptors (Lipinski definition) is 4. The molecule has 6 nitrogen and oxygen atoms in total. The second kappa shape index (κ2) is 6.55. The SMILES string of the molecule is O=C(Nc1cccc(Cl)c1)c1ccc(-c2ccccc2[N+](=O)[O-])o1. The molecule has 0 aliphatic heterocycles. The summed E-state index contributed by atoms with van der Waals surface area (Å²) in [7, 11) is 0. The van der Waals surface area contributed by atoms with Gasteiger partial charge in [0.25, 0.3) is 11.6 Å². The summed E-state index contributed by atoms with van der Waals surface area (Å²) >= 11 is 5.87. The summed E-state index contributed by atoms with van der Waals surface area (Å²) < 4.78 is 5.48. The highest BCUT2D eigenvalue weighted by atomic mass is 35.5. The fraction of sp³-hybridized carbons (Fsp3) is 0. The van der Waals surface area contributed by atoms with Crippen LogP contribution in [-0.4, -0.2) is 10.8 Å². The normalized spacial score (nSPS) is 10.4. The zero-order chi connectivity index (χ0) is 17.1. The Balaban J connectivity index is 1.86. The number of hydrogen-bond donors (Lipinski definition) is 1. The van der Waals surface area contributed by atoms with Gasteiger partial charge < -0.3 is 9.73 Å². The molecular formula is C17H11ClN2O4. The average molecular weight is 343 g/mol. The fourth-order valence-corrected chi connectivity index (χ4v) is 2.40. The smallest absolute Gasteiger partial charge is 0.291 e. The predicted octanol–water partition coefficient (Wildman–Crippen LogP) is 4.76. The molecule has 1 heterocycles. The maximum absolute atomic E-state index is 12.2. The highest BCUT2D eigenvalue weighted by molar-refractivity contribution is 6.30. The molecule has 120 valence electrons. The standard InChI is InChI=1S/C17H11ClN2O4/c18-11-4-3-5-12(10-11)19-17(21)16-9-8-15(24-16)13-6-1-2-7-14(13)20(22)23/h1-10H,(H,19,21). The number of benzene rings is 2. The first-order valence-electron chi connectivity index (χ1n) is 6.95. The maximum atomic E-state index is 12.2. The minimum Gasteiger partial charge on any atom is -0.451 e. The minimum atomic E-state index is -0.496. The number of furan rings is 1. The van der Waals surface area contributed by atoms with Crippen molar-refractivity contribution in [2.24, 2.45) is 0 Å². The molecule has 0 aliphatic rings. The van der Waals surface area contributed by atoms with Crippen LogP contribution in [0.5, 0.6) is 0 Å². The van der Waals surface area contributed by atoms with Crippen LogP contribution in [0.15, 0.2) is 65.1 Å². The molecule has 1 N–H and O–H groups in total. The number of nitrogens with zero attached hydrogens (tertiary/aromatic N) is 1. The van der Waals surface area contributed by atoms with Gasteiger partial charge in [-0.3, -0.25) is 14.9 Å². The summed E-state index contributed by atoms with van der Waals surface area (Å²) in [5, 5.41) is 14.2. The molecule has 3 aromatic rings. The van der Waals surface area contributed by atoms with Crippen molar-refractivity contribution >= 4 is 28.9 Å². The predicted molar refractivity (Wildman–Crippen MR) is 90.2 cm³/mol. The monoisotopic (exact) mass is 342 g/mol. The molecule has 0 radical (unpaired) electrons. The summed E-state index contributed by atoms with van der Waals surface area (Å²) in [4.78, 5) is 22.8. The molecule has 1 amide bonds. The van der Waals surface area contributed by atoms with Crippen LogP contribution in [0.4, 0.5) is 11.4 Å². The molecule has 1 aromatic heterocycles. The molecule has 2 aromatic carbocycles. The average Bonchev–Trinajstić information content (AvgIpc) is 3.05. The second-order valence-corrected chi connectivity index (χ2v) is 5.34. The Hall–Kier alpha value is -3.12. The number of para-hydroxylation sites is 1. The summed E-state index contributed by atoms with van der Waals surface area (Å²) in [6, 6.07) is 15.9. The van der Waals surface area contributed by atoms with E-state index in [2.05, 4.69) is 5.32 Å². The molecule has 0 saturated heterocycles. The highest BCUT2D eigenvalue weighted by Gasteiger charge is 2.19. The first-order chi connectivity index (χ1) is 11.5. The van der Waals surface area contributed by atoms with Crippen LogP contribution in [0, 0.1) is 10.1 Å². The number of halogens is 1. The zero-order valence-electron chi connectivity index (χ0n) is 12.2. The van der Waals surface area contributed by atoms with Gasteiger partial charge in [-0.15, -0.1) is 0 Å². The Morgan fingerprint density at radius 2 is 1.88 bits per heavy atom. The Kier molecular flexibility index (Phi) is 4.31. The lowest BCUT2D eigenvalue weighted by Crippen LogP contribution is -2.10. The Morgan fingerprint density at radius 1 is 1.08 bits per heavy atom. The quantitative estimate of drug-likeness (QED) is 0.547. The first kappa shape index (κ1) is 15.8. The molecule has 0 bridgehead atoms. The third kappa shape index (κ3) is 3.28. The number of nitro benzene ring substituents is 1. The van der Waals surface area contributed by atoms with Crippen LogP contribution in [0.2, 0.25) is 5.02 Å². The number of rotatable bonds is 4. The van der Waals surface area contributed by atoms with Crippen LogP contribution < -0.4 is 5.32 Å². The number of nitro groups is 1. The molecule has 0 saturated carbocycles. The van der Waals surface area contributed by atoms with Crippen molar-refractivity contribution in [1.29, 1.82) is 0 Å². The van der Waals surface area contributed by atoms with Gasteiger partial charge in [0.2, 0.25) is 0 Å². The summed E-state index contributed by atoms with van der Waals surface area (Å²) in [5.41, 5.74) is 0.745. The van der Waals surface area contributed by atoms with Crippen molar-refractivity contribution in [3.8, 4) is 11.3 Å². The van der Waals surface area contributed by atoms with Gasteiger partial charge in [0, 0.05) is 16.8 Å². The lowest BCUT2D eigenvalue weighted by atomic mass is 10.1. The lowest BCUT2D eigenvalue weighted by molar-refractivity contribution is -0.384. The first-order valence-corrected chi connectivity index (χ1v) is 7.33. The van der Waals surface area contributed by atoms with E-state index in [0.717, 1.165) is 0 Å². The van der Waals surface area contributed by atoms with Crippen molar-refractivity contribution in [2.75, 3.05) is 5.32 Å². The van der Waals surface area contributed by atoms with Gasteiger partial charge in [-0.25, -0.2) is 0 Å². The molecule has 7 heteroatoms. The van der Waals surface area contributed by atoms with Crippen molar-refractivity contribution in [2.45, 2.75) is 0 Å². The van der Waals surface area contributed by atoms with Gasteiger partial charge in [0.1, 0.15) is 5.76 Å². The third-order valence-electron chi connectivity index (χ3n) is 3.28. The second-order valence-electron chi connectivity index (χ2n) is 4.90.